The lowest BCUT2D eigenvalue weighted by Crippen LogP contribution is -2.97. The minimum Gasteiger partial charge on any atom is -0.586 e. The van der Waals surface area contributed by atoms with Crippen LogP contribution in [0.25, 0.3) is 0 Å². The number of nitrogens with zero attached hydrogens (tertiary/aromatic N) is 1. The van der Waals surface area contributed by atoms with Gasteiger partial charge in [0, 0.05) is 0 Å². The highest BCUT2D eigenvalue weighted by molar-refractivity contribution is 7.97. The average Bonchev–Trinajstić information content (AvgIpc) is 2.27. The molecule has 2 heterocycles. The van der Waals surface area contributed by atoms with E-state index in [4.69, 9.17) is 4.94 Å². The zero-order chi connectivity index (χ0) is 6.97. The van der Waals surface area contributed by atoms with Crippen LogP contribution in [-0.2, 0) is 4.94 Å². The number of quaternary nitrogens is 1. The van der Waals surface area contributed by atoms with E-state index in [1.807, 2.05) is 18.2 Å². The first kappa shape index (κ1) is 6.23. The molecule has 1 atom stereocenters. The third-order valence-corrected chi connectivity index (χ3v) is 2.05. The molecule has 1 N–H and O–H groups in total. The van der Waals surface area contributed by atoms with Crippen molar-refractivity contribution in [2.75, 3.05) is 6.54 Å². The van der Waals surface area contributed by atoms with E-state index in [0.29, 0.717) is 6.54 Å². The smallest absolute Gasteiger partial charge is 0.170 e. The molecule has 0 amide bonds. The Morgan fingerprint density at radius 2 is 2.70 bits per heavy atom. The fourth-order valence-electron chi connectivity index (χ4n) is 0.841. The molecule has 2 aliphatic rings. The van der Waals surface area contributed by atoms with Crippen molar-refractivity contribution in [3.8, 4) is 0 Å². The van der Waals surface area contributed by atoms with Crippen molar-refractivity contribution in [2.24, 2.45) is 0 Å². The van der Waals surface area contributed by atoms with Gasteiger partial charge < -0.3 is 5.21 Å². The summed E-state index contributed by atoms with van der Waals surface area (Å²) in [6.07, 6.45) is 5.71. The molecule has 1 saturated heterocycles. The number of nitrogens with one attached hydrogen (secondary N) is 1. The Kier molecular flexibility index (Phi) is 1.42. The van der Waals surface area contributed by atoms with Crippen LogP contribution in [0.4, 0.5) is 0 Å². The highest BCUT2D eigenvalue weighted by Crippen LogP contribution is 2.21. The first-order chi connectivity index (χ1) is 4.86. The van der Waals surface area contributed by atoms with Gasteiger partial charge in [-0.3, -0.25) is 0 Å². The number of hydrogen-bond acceptors (Lipinski definition) is 4. The van der Waals surface area contributed by atoms with Crippen molar-refractivity contribution in [1.29, 1.82) is 0 Å². The first-order valence-corrected chi connectivity index (χ1v) is 3.72. The molecule has 1 unspecified atom stereocenters. The maximum atomic E-state index is 10.6. The summed E-state index contributed by atoms with van der Waals surface area (Å²) in [4.78, 5) is 4.80. The minimum absolute atomic E-state index is 0.241. The number of rotatable bonds is 0. The standard InChI is InChI=1S/C5H6N2O2S/c8-7-9-6-4-2-1-3-5(6)10-7/h1-3,7H,4H2. The van der Waals surface area contributed by atoms with E-state index in [2.05, 4.69) is 0 Å². The lowest BCUT2D eigenvalue weighted by molar-refractivity contribution is -0.959. The molecule has 0 bridgehead atoms. The molecule has 4 nitrogen and oxygen atoms in total. The molecule has 0 radical (unpaired) electrons. The van der Waals surface area contributed by atoms with Crippen molar-refractivity contribution in [3.63, 3.8) is 0 Å². The average molecular weight is 158 g/mol. The van der Waals surface area contributed by atoms with Crippen molar-refractivity contribution in [3.05, 3.63) is 28.5 Å². The van der Waals surface area contributed by atoms with E-state index in [1.54, 1.807) is 5.06 Å². The van der Waals surface area contributed by atoms with Crippen molar-refractivity contribution < 1.29 is 9.57 Å². The summed E-state index contributed by atoms with van der Waals surface area (Å²) >= 11 is 1.12. The van der Waals surface area contributed by atoms with Crippen LogP contribution in [0.15, 0.2) is 23.3 Å². The molecular formula is C5H6N2O2S. The summed E-state index contributed by atoms with van der Waals surface area (Å²) in [5.74, 6) is 0. The number of hydroxylamine groups is 2. The zero-order valence-electron chi connectivity index (χ0n) is 5.11. The van der Waals surface area contributed by atoms with Crippen LogP contribution < -0.4 is 4.63 Å². The summed E-state index contributed by atoms with van der Waals surface area (Å²) in [6, 6.07) is 0. The van der Waals surface area contributed by atoms with E-state index in [9.17, 15) is 5.21 Å². The van der Waals surface area contributed by atoms with Crippen LogP contribution in [0.5, 0.6) is 0 Å². The lowest BCUT2D eigenvalue weighted by Gasteiger charge is -2.12. The van der Waals surface area contributed by atoms with Gasteiger partial charge >= 0.3 is 0 Å². The number of hydrogen-bond donors (Lipinski definition) is 1. The van der Waals surface area contributed by atoms with Gasteiger partial charge in [0.1, 0.15) is 0 Å². The Morgan fingerprint density at radius 3 is 3.50 bits per heavy atom. The monoisotopic (exact) mass is 158 g/mol. The summed E-state index contributed by atoms with van der Waals surface area (Å²) in [5, 5.41) is 13.1. The zero-order valence-corrected chi connectivity index (χ0v) is 5.93. The second kappa shape index (κ2) is 2.28. The SMILES string of the molecule is [O-][NH+]1ON2CC=CC=C2S1. The Hall–Kier alpha value is -0.490. The van der Waals surface area contributed by atoms with E-state index in [-0.39, 0.29) is 4.63 Å². The van der Waals surface area contributed by atoms with Crippen molar-refractivity contribution in [2.45, 2.75) is 0 Å². The molecular weight excluding hydrogens is 152 g/mol. The molecule has 5 heteroatoms. The summed E-state index contributed by atoms with van der Waals surface area (Å²) in [6.45, 7) is 0.671. The van der Waals surface area contributed by atoms with Gasteiger partial charge in [-0.1, -0.05) is 17.1 Å². The number of allylic oxidation sites excluding steroid dienone is 2. The molecule has 0 spiro atoms. The van der Waals surface area contributed by atoms with Gasteiger partial charge in [0.15, 0.2) is 17.0 Å². The van der Waals surface area contributed by atoms with Crippen LogP contribution in [0.1, 0.15) is 0 Å². The van der Waals surface area contributed by atoms with Gasteiger partial charge in [-0.05, 0) is 6.08 Å². The largest absolute Gasteiger partial charge is 0.586 e. The van der Waals surface area contributed by atoms with E-state index in [0.717, 1.165) is 17.0 Å². The molecule has 1 fully saturated rings. The van der Waals surface area contributed by atoms with Crippen LogP contribution >= 0.6 is 11.9 Å². The fourth-order valence-corrected chi connectivity index (χ4v) is 1.50. The van der Waals surface area contributed by atoms with Gasteiger partial charge in [-0.15, -0.1) is 4.63 Å². The van der Waals surface area contributed by atoms with Gasteiger partial charge in [0.25, 0.3) is 0 Å². The topological polar surface area (TPSA) is 40.0 Å². The van der Waals surface area contributed by atoms with Gasteiger partial charge in [-0.25, -0.2) is 0 Å². The second-order valence-corrected chi connectivity index (χ2v) is 2.89. The fraction of sp³-hybridized carbons (Fsp3) is 0.200. The first-order valence-electron chi connectivity index (χ1n) is 2.90. The number of fused-ring (bicyclic) bond motifs is 1. The summed E-state index contributed by atoms with van der Waals surface area (Å²) in [7, 11) is 0. The quantitative estimate of drug-likeness (QED) is 0.384. The molecule has 10 heavy (non-hydrogen) atoms. The molecule has 0 aromatic rings. The maximum absolute atomic E-state index is 10.6. The minimum atomic E-state index is -0.241. The highest BCUT2D eigenvalue weighted by Gasteiger charge is 2.27. The predicted molar refractivity (Wildman–Crippen MR) is 36.9 cm³/mol. The van der Waals surface area contributed by atoms with E-state index < -0.39 is 0 Å². The lowest BCUT2D eigenvalue weighted by atomic mass is 10.4. The Bertz CT molecular complexity index is 204. The third-order valence-electron chi connectivity index (χ3n) is 1.26. The summed E-state index contributed by atoms with van der Waals surface area (Å²) in [5.41, 5.74) is 0. The van der Waals surface area contributed by atoms with E-state index >= 15 is 0 Å². The van der Waals surface area contributed by atoms with Crippen LogP contribution in [0, 0.1) is 5.21 Å². The summed E-state index contributed by atoms with van der Waals surface area (Å²) < 4.78 is -0.241. The van der Waals surface area contributed by atoms with Crippen LogP contribution in [0.3, 0.4) is 0 Å². The predicted octanol–water partition coefficient (Wildman–Crippen LogP) is -0.409. The normalized spacial score (nSPS) is 30.3. The molecule has 0 saturated carbocycles. The van der Waals surface area contributed by atoms with E-state index in [1.165, 1.54) is 0 Å². The molecule has 2 rings (SSSR count). The van der Waals surface area contributed by atoms with Gasteiger partial charge in [0.05, 0.1) is 6.54 Å². The van der Waals surface area contributed by atoms with Crippen LogP contribution in [-0.4, -0.2) is 11.6 Å². The van der Waals surface area contributed by atoms with Crippen molar-refractivity contribution >= 4 is 11.9 Å². The van der Waals surface area contributed by atoms with Crippen LogP contribution in [0.2, 0.25) is 0 Å². The maximum Gasteiger partial charge on any atom is 0.170 e. The molecule has 0 aliphatic carbocycles. The van der Waals surface area contributed by atoms with Gasteiger partial charge in [-0.2, -0.15) is 5.06 Å². The second-order valence-electron chi connectivity index (χ2n) is 1.94. The molecule has 0 aromatic carbocycles. The Labute approximate surface area is 62.4 Å². The molecule has 2 aliphatic heterocycles. The van der Waals surface area contributed by atoms with Crippen molar-refractivity contribution in [1.82, 2.24) is 5.06 Å². The highest BCUT2D eigenvalue weighted by atomic mass is 32.2. The van der Waals surface area contributed by atoms with Gasteiger partial charge in [0.2, 0.25) is 0 Å². The Morgan fingerprint density at radius 1 is 1.80 bits per heavy atom. The molecule has 54 valence electrons. The molecule has 0 aromatic heterocycles. The Balaban J connectivity index is 2.18. The third kappa shape index (κ3) is 0.929.